The lowest BCUT2D eigenvalue weighted by Gasteiger charge is -2.21. The fourth-order valence-corrected chi connectivity index (χ4v) is 1.89. The Kier molecular flexibility index (Phi) is 2.74. The van der Waals surface area contributed by atoms with E-state index in [2.05, 4.69) is 5.32 Å². The van der Waals surface area contributed by atoms with E-state index in [1.807, 2.05) is 45.5 Å². The SMILES string of the molecule is O=C1NC(O)C(I)=CN1I. The second kappa shape index (κ2) is 3.22. The highest BCUT2D eigenvalue weighted by atomic mass is 127. The van der Waals surface area contributed by atoms with Crippen LogP contribution in [-0.2, 0) is 0 Å². The van der Waals surface area contributed by atoms with Crippen molar-refractivity contribution in [2.75, 3.05) is 0 Å². The summed E-state index contributed by atoms with van der Waals surface area (Å²) in [6.07, 6.45) is 0.740. The van der Waals surface area contributed by atoms with Gasteiger partial charge in [0.15, 0.2) is 6.23 Å². The molecule has 1 unspecified atom stereocenters. The summed E-state index contributed by atoms with van der Waals surface area (Å²) < 4.78 is 2.05. The fourth-order valence-electron chi connectivity index (χ4n) is 0.485. The van der Waals surface area contributed by atoms with Gasteiger partial charge in [-0.15, -0.1) is 0 Å². The van der Waals surface area contributed by atoms with Gasteiger partial charge in [-0.1, -0.05) is 0 Å². The lowest BCUT2D eigenvalue weighted by atomic mass is 10.5. The maximum Gasteiger partial charge on any atom is 0.332 e. The molecule has 10 heavy (non-hydrogen) atoms. The zero-order valence-electron chi connectivity index (χ0n) is 4.71. The first kappa shape index (κ1) is 8.53. The molecule has 1 aliphatic rings. The van der Waals surface area contributed by atoms with E-state index in [-0.39, 0.29) is 6.03 Å². The summed E-state index contributed by atoms with van der Waals surface area (Å²) in [5.41, 5.74) is 0. The monoisotopic (exact) mass is 366 g/mol. The Morgan fingerprint density at radius 1 is 1.80 bits per heavy atom. The number of halogens is 2. The molecule has 0 fully saturated rings. The molecule has 0 saturated carbocycles. The minimum Gasteiger partial charge on any atom is -0.369 e. The van der Waals surface area contributed by atoms with E-state index in [0.29, 0.717) is 3.58 Å². The molecule has 2 N–H and O–H groups in total. The van der Waals surface area contributed by atoms with Crippen LogP contribution in [0.25, 0.3) is 0 Å². The molecule has 0 saturated heterocycles. The molecular formula is C4H4I2N2O2. The number of rotatable bonds is 0. The third-order valence-corrected chi connectivity index (χ3v) is 2.54. The summed E-state index contributed by atoms with van der Waals surface area (Å²) in [7, 11) is 0. The molecule has 1 heterocycles. The quantitative estimate of drug-likeness (QED) is 0.496. The van der Waals surface area contributed by atoms with Crippen molar-refractivity contribution in [2.45, 2.75) is 6.23 Å². The number of aliphatic hydroxyl groups is 1. The third-order valence-electron chi connectivity index (χ3n) is 0.952. The lowest BCUT2D eigenvalue weighted by Crippen LogP contribution is -2.43. The van der Waals surface area contributed by atoms with E-state index in [4.69, 9.17) is 5.11 Å². The second-order valence-electron chi connectivity index (χ2n) is 1.68. The standard InChI is InChI=1S/C4H4I2N2O2/c5-2-1-8(6)4(10)7-3(2)9/h1,3,9H,(H,7,10). The van der Waals surface area contributed by atoms with Gasteiger partial charge in [-0.2, -0.15) is 0 Å². The van der Waals surface area contributed by atoms with E-state index in [9.17, 15) is 4.79 Å². The molecule has 1 rings (SSSR count). The molecule has 0 aromatic carbocycles. The Balaban J connectivity index is 2.79. The maximum atomic E-state index is 10.7. The van der Waals surface area contributed by atoms with Crippen molar-refractivity contribution in [3.05, 3.63) is 9.78 Å². The fraction of sp³-hybridized carbons (Fsp3) is 0.250. The van der Waals surface area contributed by atoms with Crippen LogP contribution in [0, 0.1) is 0 Å². The first-order valence-electron chi connectivity index (χ1n) is 2.42. The number of hydrogen-bond acceptors (Lipinski definition) is 2. The molecule has 0 radical (unpaired) electrons. The molecule has 1 aliphatic heterocycles. The van der Waals surface area contributed by atoms with Gasteiger partial charge >= 0.3 is 6.03 Å². The first-order valence-corrected chi connectivity index (χ1v) is 4.46. The zero-order chi connectivity index (χ0) is 7.72. The Labute approximate surface area is 85.3 Å². The zero-order valence-corrected chi connectivity index (χ0v) is 9.03. The predicted molar refractivity (Wildman–Crippen MR) is 52.5 cm³/mol. The number of aliphatic hydroxyl groups excluding tert-OH is 1. The predicted octanol–water partition coefficient (Wildman–Crippen LogP) is 0.956. The highest BCUT2D eigenvalue weighted by Gasteiger charge is 2.21. The van der Waals surface area contributed by atoms with E-state index in [1.54, 1.807) is 6.20 Å². The summed E-state index contributed by atoms with van der Waals surface area (Å²) in [6, 6.07) is -0.298. The van der Waals surface area contributed by atoms with E-state index in [1.165, 1.54) is 3.11 Å². The minimum absolute atomic E-state index is 0.298. The summed E-state index contributed by atoms with van der Waals surface area (Å²) in [6.45, 7) is 0. The van der Waals surface area contributed by atoms with Crippen LogP contribution < -0.4 is 5.32 Å². The minimum atomic E-state index is -0.834. The van der Waals surface area contributed by atoms with Crippen LogP contribution in [0.5, 0.6) is 0 Å². The molecule has 0 aromatic rings. The molecule has 2 amide bonds. The normalized spacial score (nSPS) is 25.9. The van der Waals surface area contributed by atoms with Crippen molar-refractivity contribution < 1.29 is 9.90 Å². The van der Waals surface area contributed by atoms with Crippen molar-refractivity contribution in [2.24, 2.45) is 0 Å². The lowest BCUT2D eigenvalue weighted by molar-refractivity contribution is 0.166. The average Bonchev–Trinajstić information content (AvgIpc) is 1.84. The third kappa shape index (κ3) is 1.72. The summed E-state index contributed by atoms with van der Waals surface area (Å²) in [4.78, 5) is 10.7. The largest absolute Gasteiger partial charge is 0.369 e. The number of hydrogen-bond donors (Lipinski definition) is 2. The maximum absolute atomic E-state index is 10.7. The van der Waals surface area contributed by atoms with E-state index >= 15 is 0 Å². The molecule has 0 spiro atoms. The van der Waals surface area contributed by atoms with Crippen LogP contribution in [0.1, 0.15) is 0 Å². The molecule has 1 atom stereocenters. The van der Waals surface area contributed by atoms with Gasteiger partial charge in [-0.05, 0) is 22.6 Å². The number of carbonyl (C=O) groups excluding carboxylic acids is 1. The van der Waals surface area contributed by atoms with Gasteiger partial charge in [0.1, 0.15) is 0 Å². The Morgan fingerprint density at radius 3 is 2.90 bits per heavy atom. The smallest absolute Gasteiger partial charge is 0.332 e. The summed E-state index contributed by atoms with van der Waals surface area (Å²) in [5, 5.41) is 11.4. The molecule has 4 nitrogen and oxygen atoms in total. The van der Waals surface area contributed by atoms with E-state index < -0.39 is 6.23 Å². The molecule has 0 bridgehead atoms. The van der Waals surface area contributed by atoms with Crippen LogP contribution in [0.15, 0.2) is 9.78 Å². The van der Waals surface area contributed by atoms with Crippen LogP contribution in [0.2, 0.25) is 0 Å². The highest BCUT2D eigenvalue weighted by Crippen LogP contribution is 2.18. The van der Waals surface area contributed by atoms with Gasteiger partial charge < -0.3 is 10.4 Å². The Hall–Kier alpha value is 0.430. The number of nitrogens with zero attached hydrogens (tertiary/aromatic N) is 1. The van der Waals surface area contributed by atoms with Crippen molar-refractivity contribution >= 4 is 51.5 Å². The van der Waals surface area contributed by atoms with Crippen LogP contribution in [0.4, 0.5) is 4.79 Å². The number of amides is 2. The van der Waals surface area contributed by atoms with Crippen LogP contribution in [0.3, 0.4) is 0 Å². The van der Waals surface area contributed by atoms with Gasteiger partial charge in [-0.3, -0.25) is 0 Å². The van der Waals surface area contributed by atoms with Gasteiger partial charge in [0.05, 0.1) is 26.4 Å². The van der Waals surface area contributed by atoms with Gasteiger partial charge in [0.2, 0.25) is 0 Å². The van der Waals surface area contributed by atoms with Crippen molar-refractivity contribution in [3.63, 3.8) is 0 Å². The number of nitrogens with one attached hydrogen (secondary N) is 1. The second-order valence-corrected chi connectivity index (χ2v) is 3.96. The van der Waals surface area contributed by atoms with Crippen LogP contribution >= 0.6 is 45.5 Å². The van der Waals surface area contributed by atoms with Gasteiger partial charge in [0.25, 0.3) is 0 Å². The van der Waals surface area contributed by atoms with Crippen molar-refractivity contribution in [3.8, 4) is 0 Å². The highest BCUT2D eigenvalue weighted by molar-refractivity contribution is 14.1. The molecule has 56 valence electrons. The molecule has 0 aliphatic carbocycles. The Bertz CT molecular complexity index is 194. The van der Waals surface area contributed by atoms with Crippen LogP contribution in [-0.4, -0.2) is 20.5 Å². The average molecular weight is 366 g/mol. The van der Waals surface area contributed by atoms with Gasteiger partial charge in [-0.25, -0.2) is 7.91 Å². The first-order chi connectivity index (χ1) is 4.61. The number of carbonyl (C=O) groups is 1. The molecular weight excluding hydrogens is 362 g/mol. The van der Waals surface area contributed by atoms with Crippen molar-refractivity contribution in [1.82, 2.24) is 8.43 Å². The summed E-state index contributed by atoms with van der Waals surface area (Å²) >= 11 is 3.79. The van der Waals surface area contributed by atoms with Crippen molar-refractivity contribution in [1.29, 1.82) is 0 Å². The number of urea groups is 1. The topological polar surface area (TPSA) is 52.6 Å². The van der Waals surface area contributed by atoms with Gasteiger partial charge in [0, 0.05) is 6.20 Å². The summed E-state index contributed by atoms with van der Waals surface area (Å²) in [5.74, 6) is 0. The molecule has 6 heteroatoms. The Morgan fingerprint density at radius 2 is 2.40 bits per heavy atom. The van der Waals surface area contributed by atoms with E-state index in [0.717, 1.165) is 0 Å². The molecule has 0 aromatic heterocycles.